The first-order valence-electron chi connectivity index (χ1n) is 9.27. The Morgan fingerprint density at radius 2 is 1.93 bits per heavy atom. The molecule has 1 unspecified atom stereocenters. The number of nitrogens with zero attached hydrogens (tertiary/aromatic N) is 2. The van der Waals surface area contributed by atoms with Crippen LogP contribution in [0.5, 0.6) is 5.75 Å². The van der Waals surface area contributed by atoms with Crippen LogP contribution >= 0.6 is 0 Å². The summed E-state index contributed by atoms with van der Waals surface area (Å²) in [6.07, 6.45) is 0.825. The van der Waals surface area contributed by atoms with Gasteiger partial charge < -0.3 is 10.1 Å². The molecule has 0 saturated carbocycles. The van der Waals surface area contributed by atoms with E-state index in [-0.39, 0.29) is 17.0 Å². The highest BCUT2D eigenvalue weighted by atomic mass is 16.5. The van der Waals surface area contributed by atoms with Crippen LogP contribution in [0.4, 0.5) is 0 Å². The molecule has 28 heavy (non-hydrogen) atoms. The Morgan fingerprint density at radius 3 is 2.75 bits per heavy atom. The van der Waals surface area contributed by atoms with Gasteiger partial charge in [-0.05, 0) is 37.1 Å². The minimum Gasteiger partial charge on any atom is -0.493 e. The number of amides is 1. The first-order valence-corrected chi connectivity index (χ1v) is 9.27. The average Bonchev–Trinajstić information content (AvgIpc) is 2.72. The van der Waals surface area contributed by atoms with Gasteiger partial charge in [0.1, 0.15) is 5.75 Å². The number of aromatic nitrogens is 2. The smallest absolute Gasteiger partial charge is 0.275 e. The summed E-state index contributed by atoms with van der Waals surface area (Å²) in [4.78, 5) is 24.9. The second-order valence-corrected chi connectivity index (χ2v) is 6.94. The molecular weight excluding hydrogens is 354 g/mol. The first kappa shape index (κ1) is 18.0. The standard InChI is InChI=1S/C22H21N3O3/c1-15-11-19(26)21(24-25(15)18-8-3-2-4-9-18)22(27)23-13-16-12-17-7-5-6-10-20(17)28-14-16/h2-11,16H,12-14H2,1H3,(H,23,27). The number of fused-ring (bicyclic) bond motifs is 1. The number of nitrogens with one attached hydrogen (secondary N) is 1. The molecule has 0 aliphatic carbocycles. The van der Waals surface area contributed by atoms with Crippen LogP contribution in [0.2, 0.25) is 0 Å². The zero-order valence-electron chi connectivity index (χ0n) is 15.6. The molecule has 1 atom stereocenters. The third-order valence-corrected chi connectivity index (χ3v) is 4.83. The van der Waals surface area contributed by atoms with Gasteiger partial charge in [0.15, 0.2) is 5.69 Å². The van der Waals surface area contributed by atoms with Gasteiger partial charge in [0.05, 0.1) is 12.3 Å². The van der Waals surface area contributed by atoms with Crippen LogP contribution in [-0.4, -0.2) is 28.8 Å². The summed E-state index contributed by atoms with van der Waals surface area (Å²) in [5, 5.41) is 7.15. The van der Waals surface area contributed by atoms with Crippen molar-refractivity contribution >= 4 is 5.91 Å². The molecule has 2 heterocycles. The van der Waals surface area contributed by atoms with Crippen molar-refractivity contribution in [2.24, 2.45) is 5.92 Å². The molecule has 3 aromatic rings. The van der Waals surface area contributed by atoms with Gasteiger partial charge in [-0.1, -0.05) is 36.4 Å². The third-order valence-electron chi connectivity index (χ3n) is 4.83. The number of para-hydroxylation sites is 2. The molecular formula is C22H21N3O3. The van der Waals surface area contributed by atoms with E-state index in [4.69, 9.17) is 4.74 Å². The molecule has 6 nitrogen and oxygen atoms in total. The number of aryl methyl sites for hydroxylation is 1. The van der Waals surface area contributed by atoms with Crippen molar-refractivity contribution in [1.82, 2.24) is 15.1 Å². The Balaban J connectivity index is 1.49. The van der Waals surface area contributed by atoms with Gasteiger partial charge in [0, 0.05) is 24.2 Å². The predicted molar refractivity (Wildman–Crippen MR) is 106 cm³/mol. The van der Waals surface area contributed by atoms with E-state index in [1.807, 2.05) is 54.6 Å². The van der Waals surface area contributed by atoms with Gasteiger partial charge in [-0.2, -0.15) is 5.10 Å². The maximum atomic E-state index is 12.6. The Morgan fingerprint density at radius 1 is 1.18 bits per heavy atom. The minimum atomic E-state index is -0.464. The van der Waals surface area contributed by atoms with Crippen molar-refractivity contribution in [3.05, 3.63) is 87.8 Å². The van der Waals surface area contributed by atoms with Gasteiger partial charge in [-0.3, -0.25) is 9.59 Å². The Labute approximate surface area is 162 Å². The zero-order chi connectivity index (χ0) is 19.5. The van der Waals surface area contributed by atoms with E-state index in [1.165, 1.54) is 6.07 Å². The minimum absolute atomic E-state index is 0.105. The number of ether oxygens (including phenoxy) is 1. The lowest BCUT2D eigenvalue weighted by atomic mass is 9.97. The highest BCUT2D eigenvalue weighted by molar-refractivity contribution is 5.92. The van der Waals surface area contributed by atoms with Crippen LogP contribution < -0.4 is 15.5 Å². The molecule has 1 aliphatic heterocycles. The van der Waals surface area contributed by atoms with E-state index in [9.17, 15) is 9.59 Å². The van der Waals surface area contributed by atoms with E-state index in [1.54, 1.807) is 11.6 Å². The van der Waals surface area contributed by atoms with Crippen molar-refractivity contribution in [3.63, 3.8) is 0 Å². The highest BCUT2D eigenvalue weighted by Crippen LogP contribution is 2.26. The lowest BCUT2D eigenvalue weighted by Gasteiger charge is -2.25. The topological polar surface area (TPSA) is 73.2 Å². The third kappa shape index (κ3) is 3.67. The normalized spacial score (nSPS) is 15.4. The summed E-state index contributed by atoms with van der Waals surface area (Å²) in [6, 6.07) is 18.8. The number of rotatable bonds is 4. The molecule has 2 aromatic carbocycles. The van der Waals surface area contributed by atoms with Crippen LogP contribution in [0, 0.1) is 12.8 Å². The number of hydrogen-bond acceptors (Lipinski definition) is 4. The van der Waals surface area contributed by atoms with Gasteiger partial charge >= 0.3 is 0 Å². The number of carbonyl (C=O) groups excluding carboxylic acids is 1. The van der Waals surface area contributed by atoms with Crippen LogP contribution in [-0.2, 0) is 6.42 Å². The lowest BCUT2D eigenvalue weighted by Crippen LogP contribution is -2.37. The maximum absolute atomic E-state index is 12.6. The number of carbonyl (C=O) groups is 1. The lowest BCUT2D eigenvalue weighted by molar-refractivity contribution is 0.0931. The molecule has 0 radical (unpaired) electrons. The maximum Gasteiger partial charge on any atom is 0.275 e. The summed E-state index contributed by atoms with van der Waals surface area (Å²) < 4.78 is 7.37. The summed E-state index contributed by atoms with van der Waals surface area (Å²) in [7, 11) is 0. The molecule has 142 valence electrons. The average molecular weight is 375 g/mol. The fourth-order valence-corrected chi connectivity index (χ4v) is 3.38. The fourth-order valence-electron chi connectivity index (χ4n) is 3.38. The Kier molecular flexibility index (Phi) is 4.93. The summed E-state index contributed by atoms with van der Waals surface area (Å²) in [5.74, 6) is 0.588. The molecule has 1 aliphatic rings. The van der Waals surface area contributed by atoms with E-state index in [0.717, 1.165) is 23.4 Å². The molecule has 1 N–H and O–H groups in total. The zero-order valence-corrected chi connectivity index (χ0v) is 15.6. The first-order chi connectivity index (χ1) is 13.6. The summed E-state index contributed by atoms with van der Waals surface area (Å²) >= 11 is 0. The van der Waals surface area contributed by atoms with E-state index in [2.05, 4.69) is 10.4 Å². The second kappa shape index (κ2) is 7.68. The van der Waals surface area contributed by atoms with Crippen LogP contribution in [0.25, 0.3) is 5.69 Å². The molecule has 4 rings (SSSR count). The van der Waals surface area contributed by atoms with Crippen molar-refractivity contribution in [2.75, 3.05) is 13.2 Å². The fraction of sp³-hybridized carbons (Fsp3) is 0.227. The van der Waals surface area contributed by atoms with Crippen LogP contribution in [0.1, 0.15) is 21.7 Å². The van der Waals surface area contributed by atoms with Crippen molar-refractivity contribution in [3.8, 4) is 11.4 Å². The number of benzene rings is 2. The second-order valence-electron chi connectivity index (χ2n) is 6.94. The molecule has 0 bridgehead atoms. The molecule has 1 aromatic heterocycles. The Hall–Kier alpha value is -3.41. The molecule has 0 saturated heterocycles. The van der Waals surface area contributed by atoms with Crippen molar-refractivity contribution < 1.29 is 9.53 Å². The van der Waals surface area contributed by atoms with Crippen molar-refractivity contribution in [1.29, 1.82) is 0 Å². The van der Waals surface area contributed by atoms with Gasteiger partial charge in [-0.25, -0.2) is 4.68 Å². The van der Waals surface area contributed by atoms with E-state index < -0.39 is 5.91 Å². The molecule has 1 amide bonds. The van der Waals surface area contributed by atoms with Gasteiger partial charge in [0.2, 0.25) is 5.43 Å². The van der Waals surface area contributed by atoms with Gasteiger partial charge in [-0.15, -0.1) is 0 Å². The van der Waals surface area contributed by atoms with Crippen LogP contribution in [0.15, 0.2) is 65.5 Å². The summed E-state index contributed by atoms with van der Waals surface area (Å²) in [6.45, 7) is 2.75. The van der Waals surface area contributed by atoms with Crippen molar-refractivity contribution in [2.45, 2.75) is 13.3 Å². The Bertz CT molecular complexity index is 1060. The monoisotopic (exact) mass is 375 g/mol. The van der Waals surface area contributed by atoms with E-state index in [0.29, 0.717) is 18.8 Å². The molecule has 0 spiro atoms. The van der Waals surface area contributed by atoms with E-state index >= 15 is 0 Å². The summed E-state index contributed by atoms with van der Waals surface area (Å²) in [5.41, 5.74) is 2.11. The number of hydrogen-bond donors (Lipinski definition) is 1. The van der Waals surface area contributed by atoms with Crippen LogP contribution in [0.3, 0.4) is 0 Å². The highest BCUT2D eigenvalue weighted by Gasteiger charge is 2.21. The quantitative estimate of drug-likeness (QED) is 0.761. The SMILES string of the molecule is Cc1cc(=O)c(C(=O)NCC2COc3ccccc3C2)nn1-c1ccccc1. The predicted octanol–water partition coefficient (Wildman–Crippen LogP) is 2.52. The molecule has 0 fully saturated rings. The van der Waals surface area contributed by atoms with Gasteiger partial charge in [0.25, 0.3) is 5.91 Å². The largest absolute Gasteiger partial charge is 0.493 e. The molecule has 6 heteroatoms.